The third kappa shape index (κ3) is 8.17. The summed E-state index contributed by atoms with van der Waals surface area (Å²) in [6.45, 7) is 6.59. The van der Waals surface area contributed by atoms with Gasteiger partial charge >= 0.3 is 17.1 Å². The van der Waals surface area contributed by atoms with Crippen molar-refractivity contribution in [1.82, 2.24) is 10.6 Å². The zero-order valence-electron chi connectivity index (χ0n) is 9.45. The van der Waals surface area contributed by atoms with Crippen LogP contribution in [-0.4, -0.2) is 25.2 Å². The molecular formula is C10H22Br2CuN2. The maximum absolute atomic E-state index is 3.56. The van der Waals surface area contributed by atoms with Gasteiger partial charge in [-0.1, -0.05) is 26.7 Å². The molecule has 1 saturated carbocycles. The Kier molecular flexibility index (Phi) is 19.4. The van der Waals surface area contributed by atoms with Crippen molar-refractivity contribution in [3.8, 4) is 0 Å². The number of halogens is 2. The van der Waals surface area contributed by atoms with Gasteiger partial charge in [-0.05, 0) is 25.9 Å². The molecule has 0 aromatic rings. The number of likely N-dealkylation sites (N-methyl/N-ethyl adjacent to an activating group) is 2. The van der Waals surface area contributed by atoms with Crippen LogP contribution in [0.2, 0.25) is 0 Å². The summed E-state index contributed by atoms with van der Waals surface area (Å²) < 4.78 is 0. The predicted molar refractivity (Wildman–Crippen MR) is 53.4 cm³/mol. The van der Waals surface area contributed by atoms with E-state index >= 15 is 0 Å². The van der Waals surface area contributed by atoms with E-state index in [0.717, 1.165) is 25.2 Å². The van der Waals surface area contributed by atoms with Crippen LogP contribution in [0.15, 0.2) is 0 Å². The fourth-order valence-corrected chi connectivity index (χ4v) is 2.14. The Balaban J connectivity index is -0.000000480. The summed E-state index contributed by atoms with van der Waals surface area (Å²) in [6, 6.07) is 1.45. The first-order valence-corrected chi connectivity index (χ1v) is 5.35. The minimum absolute atomic E-state index is 0. The van der Waals surface area contributed by atoms with Gasteiger partial charge in [-0.15, -0.1) is 0 Å². The van der Waals surface area contributed by atoms with Crippen molar-refractivity contribution in [2.45, 2.75) is 51.6 Å². The van der Waals surface area contributed by atoms with Crippen LogP contribution >= 0.6 is 0 Å². The second kappa shape index (κ2) is 13.5. The van der Waals surface area contributed by atoms with Gasteiger partial charge in [-0.3, -0.25) is 0 Å². The van der Waals surface area contributed by atoms with Crippen molar-refractivity contribution in [3.63, 3.8) is 0 Å². The zero-order valence-corrected chi connectivity index (χ0v) is 13.6. The Hall–Kier alpha value is 1.40. The Morgan fingerprint density at radius 3 is 1.47 bits per heavy atom. The van der Waals surface area contributed by atoms with Crippen LogP contribution in [0.25, 0.3) is 0 Å². The summed E-state index contributed by atoms with van der Waals surface area (Å²) >= 11 is 0. The van der Waals surface area contributed by atoms with Gasteiger partial charge in [0.15, 0.2) is 0 Å². The van der Waals surface area contributed by atoms with E-state index in [0.29, 0.717) is 0 Å². The van der Waals surface area contributed by atoms with Crippen molar-refractivity contribution in [2.75, 3.05) is 13.1 Å². The maximum Gasteiger partial charge on any atom is 2.00 e. The summed E-state index contributed by atoms with van der Waals surface area (Å²) in [6.07, 6.45) is 5.51. The molecule has 2 atom stereocenters. The smallest absolute Gasteiger partial charge is 1.00 e. The molecular weight excluding hydrogens is 371 g/mol. The molecule has 5 heteroatoms. The fraction of sp³-hybridized carbons (Fsp3) is 1.00. The van der Waals surface area contributed by atoms with E-state index in [4.69, 9.17) is 0 Å². The van der Waals surface area contributed by atoms with Gasteiger partial charge in [0.05, 0.1) is 0 Å². The average molecular weight is 394 g/mol. The van der Waals surface area contributed by atoms with Crippen LogP contribution in [0, 0.1) is 0 Å². The van der Waals surface area contributed by atoms with Crippen LogP contribution in [0.4, 0.5) is 0 Å². The molecule has 1 aliphatic carbocycles. The molecule has 0 aromatic carbocycles. The van der Waals surface area contributed by atoms with Crippen LogP contribution in [-0.2, 0) is 17.1 Å². The third-order valence-corrected chi connectivity index (χ3v) is 2.70. The Labute approximate surface area is 126 Å². The van der Waals surface area contributed by atoms with Crippen molar-refractivity contribution >= 4 is 0 Å². The Bertz CT molecular complexity index is 110. The molecule has 1 fully saturated rings. The van der Waals surface area contributed by atoms with E-state index < -0.39 is 0 Å². The van der Waals surface area contributed by atoms with Gasteiger partial charge in [-0.2, -0.15) is 0 Å². The minimum Gasteiger partial charge on any atom is -1.00 e. The van der Waals surface area contributed by atoms with E-state index in [9.17, 15) is 0 Å². The standard InChI is InChI=1S/C10H22N2.2BrH.Cu/c1-3-11-9-7-5-6-8-10(9)12-4-2;;;/h9-12H,3-8H2,1-2H3;2*1H;/q;;;+2/p-2. The largest absolute Gasteiger partial charge is 2.00 e. The quantitative estimate of drug-likeness (QED) is 0.471. The van der Waals surface area contributed by atoms with Gasteiger partial charge in [0.1, 0.15) is 0 Å². The van der Waals surface area contributed by atoms with Crippen molar-refractivity contribution < 1.29 is 51.0 Å². The van der Waals surface area contributed by atoms with Crippen LogP contribution in [0.5, 0.6) is 0 Å². The first kappa shape index (κ1) is 21.7. The molecule has 0 spiro atoms. The molecule has 0 aromatic heterocycles. The number of nitrogens with one attached hydrogen (secondary N) is 2. The molecule has 0 amide bonds. The van der Waals surface area contributed by atoms with Crippen molar-refractivity contribution in [2.24, 2.45) is 0 Å². The van der Waals surface area contributed by atoms with E-state index in [-0.39, 0.29) is 51.0 Å². The monoisotopic (exact) mass is 391 g/mol. The van der Waals surface area contributed by atoms with E-state index in [1.807, 2.05) is 0 Å². The normalized spacial score (nSPS) is 24.4. The van der Waals surface area contributed by atoms with Crippen LogP contribution in [0.3, 0.4) is 0 Å². The van der Waals surface area contributed by atoms with Gasteiger partial charge in [-0.25, -0.2) is 0 Å². The Morgan fingerprint density at radius 2 is 1.20 bits per heavy atom. The maximum atomic E-state index is 3.56. The zero-order chi connectivity index (χ0) is 8.81. The van der Waals surface area contributed by atoms with Gasteiger partial charge in [0, 0.05) is 12.1 Å². The summed E-state index contributed by atoms with van der Waals surface area (Å²) in [5, 5.41) is 7.11. The first-order chi connectivity index (χ1) is 5.88. The van der Waals surface area contributed by atoms with E-state index in [1.54, 1.807) is 0 Å². The summed E-state index contributed by atoms with van der Waals surface area (Å²) in [5.74, 6) is 0. The van der Waals surface area contributed by atoms with Crippen molar-refractivity contribution in [1.29, 1.82) is 0 Å². The van der Waals surface area contributed by atoms with Crippen LogP contribution < -0.4 is 44.6 Å². The number of rotatable bonds is 4. The summed E-state index contributed by atoms with van der Waals surface area (Å²) in [5.41, 5.74) is 0. The molecule has 97 valence electrons. The Morgan fingerprint density at radius 1 is 0.867 bits per heavy atom. The van der Waals surface area contributed by atoms with Gasteiger partial charge < -0.3 is 44.6 Å². The molecule has 1 radical (unpaired) electrons. The molecule has 0 heterocycles. The molecule has 15 heavy (non-hydrogen) atoms. The first-order valence-electron chi connectivity index (χ1n) is 5.35. The van der Waals surface area contributed by atoms with Crippen LogP contribution in [0.1, 0.15) is 39.5 Å². The van der Waals surface area contributed by atoms with E-state index in [2.05, 4.69) is 24.5 Å². The number of hydrogen-bond donors (Lipinski definition) is 2. The molecule has 0 saturated heterocycles. The molecule has 0 aliphatic heterocycles. The number of hydrogen-bond acceptors (Lipinski definition) is 2. The predicted octanol–water partition coefficient (Wildman–Crippen LogP) is -4.48. The SMILES string of the molecule is CCNC1CCCCC1NCC.[Br-].[Br-].[Cu+2]. The second-order valence-corrected chi connectivity index (χ2v) is 3.61. The molecule has 0 bridgehead atoms. The summed E-state index contributed by atoms with van der Waals surface area (Å²) in [4.78, 5) is 0. The topological polar surface area (TPSA) is 24.1 Å². The molecule has 2 N–H and O–H groups in total. The molecule has 2 nitrogen and oxygen atoms in total. The van der Waals surface area contributed by atoms with Gasteiger partial charge in [0.2, 0.25) is 0 Å². The van der Waals surface area contributed by atoms with Gasteiger partial charge in [0.25, 0.3) is 0 Å². The molecule has 1 rings (SSSR count). The van der Waals surface area contributed by atoms with Crippen molar-refractivity contribution in [3.05, 3.63) is 0 Å². The average Bonchev–Trinajstić information content (AvgIpc) is 2.09. The third-order valence-electron chi connectivity index (χ3n) is 2.70. The summed E-state index contributed by atoms with van der Waals surface area (Å²) in [7, 11) is 0. The molecule has 1 aliphatic rings. The van der Waals surface area contributed by atoms with E-state index in [1.165, 1.54) is 25.7 Å². The molecule has 2 unspecified atom stereocenters. The second-order valence-electron chi connectivity index (χ2n) is 3.61. The minimum atomic E-state index is 0. The fourth-order valence-electron chi connectivity index (χ4n) is 2.14.